The number of benzene rings is 1. The van der Waals surface area contributed by atoms with Crippen LogP contribution < -0.4 is 5.32 Å². The zero-order valence-corrected chi connectivity index (χ0v) is 14.0. The standard InChI is InChI=1S/C17H24N2O2S/c1-17(2)14(16(20)21)18-15(22-17)13-8-4-3-7-12(13)11-19-9-5-6-10-19/h3-4,7-8,14-15,18H,5-6,9-11H2,1-2H3,(H,20,21). The lowest BCUT2D eigenvalue weighted by atomic mass is 10.0. The summed E-state index contributed by atoms with van der Waals surface area (Å²) < 4.78 is -0.308. The van der Waals surface area contributed by atoms with Gasteiger partial charge < -0.3 is 5.11 Å². The van der Waals surface area contributed by atoms with Crippen LogP contribution in [0.1, 0.15) is 43.2 Å². The van der Waals surface area contributed by atoms with Gasteiger partial charge >= 0.3 is 5.97 Å². The lowest BCUT2D eigenvalue weighted by Gasteiger charge is -2.21. The average Bonchev–Trinajstić information content (AvgIpc) is 3.06. The summed E-state index contributed by atoms with van der Waals surface area (Å²) in [5, 5.41) is 12.8. The molecule has 3 rings (SSSR count). The number of carboxylic acids is 1. The van der Waals surface area contributed by atoms with E-state index in [0.717, 1.165) is 6.54 Å². The highest BCUT2D eigenvalue weighted by Crippen LogP contribution is 2.46. The second kappa shape index (κ2) is 6.22. The molecule has 22 heavy (non-hydrogen) atoms. The van der Waals surface area contributed by atoms with Crippen LogP contribution in [0.5, 0.6) is 0 Å². The van der Waals surface area contributed by atoms with Crippen molar-refractivity contribution in [2.75, 3.05) is 13.1 Å². The van der Waals surface area contributed by atoms with Gasteiger partial charge in [0.05, 0.1) is 5.37 Å². The maximum atomic E-state index is 11.5. The second-order valence-electron chi connectivity index (χ2n) is 6.72. The normalized spacial score (nSPS) is 28.1. The summed E-state index contributed by atoms with van der Waals surface area (Å²) in [6.45, 7) is 7.32. The predicted octanol–water partition coefficient (Wildman–Crippen LogP) is 2.85. The fraction of sp³-hybridized carbons (Fsp3) is 0.588. The van der Waals surface area contributed by atoms with Crippen LogP contribution in [0.2, 0.25) is 0 Å². The summed E-state index contributed by atoms with van der Waals surface area (Å²) in [6, 6.07) is 7.93. The molecule has 2 saturated heterocycles. The first-order chi connectivity index (χ1) is 10.5. The van der Waals surface area contributed by atoms with Crippen molar-refractivity contribution >= 4 is 17.7 Å². The number of hydrogen-bond donors (Lipinski definition) is 2. The Morgan fingerprint density at radius 2 is 2.05 bits per heavy atom. The van der Waals surface area contributed by atoms with E-state index in [0.29, 0.717) is 0 Å². The van der Waals surface area contributed by atoms with Gasteiger partial charge in [-0.3, -0.25) is 15.0 Å². The van der Waals surface area contributed by atoms with Gasteiger partial charge in [0, 0.05) is 11.3 Å². The van der Waals surface area contributed by atoms with Crippen molar-refractivity contribution in [3.05, 3.63) is 35.4 Å². The van der Waals surface area contributed by atoms with Crippen molar-refractivity contribution in [2.45, 2.75) is 49.4 Å². The molecule has 0 bridgehead atoms. The molecule has 2 heterocycles. The highest BCUT2D eigenvalue weighted by Gasteiger charge is 2.45. The van der Waals surface area contributed by atoms with Crippen LogP contribution in [-0.2, 0) is 11.3 Å². The van der Waals surface area contributed by atoms with Crippen molar-refractivity contribution in [2.24, 2.45) is 0 Å². The smallest absolute Gasteiger partial charge is 0.322 e. The molecule has 2 fully saturated rings. The average molecular weight is 320 g/mol. The Morgan fingerprint density at radius 3 is 2.68 bits per heavy atom. The van der Waals surface area contributed by atoms with Crippen molar-refractivity contribution in [3.8, 4) is 0 Å². The minimum atomic E-state index is -0.767. The molecule has 0 amide bonds. The van der Waals surface area contributed by atoms with E-state index in [1.54, 1.807) is 11.8 Å². The van der Waals surface area contributed by atoms with E-state index in [1.807, 2.05) is 19.9 Å². The molecule has 120 valence electrons. The predicted molar refractivity (Wildman–Crippen MR) is 89.9 cm³/mol. The molecule has 2 N–H and O–H groups in total. The first-order valence-corrected chi connectivity index (χ1v) is 8.82. The number of aliphatic carboxylic acids is 1. The minimum absolute atomic E-state index is 0.0508. The Labute approximate surface area is 136 Å². The van der Waals surface area contributed by atoms with E-state index in [9.17, 15) is 9.90 Å². The van der Waals surface area contributed by atoms with Crippen LogP contribution in [0, 0.1) is 0 Å². The van der Waals surface area contributed by atoms with Crippen LogP contribution in [0.4, 0.5) is 0 Å². The van der Waals surface area contributed by atoms with Gasteiger partial charge in [-0.25, -0.2) is 0 Å². The summed E-state index contributed by atoms with van der Waals surface area (Å²) in [6.07, 6.45) is 2.57. The van der Waals surface area contributed by atoms with Crippen molar-refractivity contribution in [1.29, 1.82) is 0 Å². The van der Waals surface area contributed by atoms with Crippen molar-refractivity contribution in [3.63, 3.8) is 0 Å². The van der Waals surface area contributed by atoms with Gasteiger partial charge in [-0.15, -0.1) is 11.8 Å². The van der Waals surface area contributed by atoms with Gasteiger partial charge in [-0.05, 0) is 50.9 Å². The molecule has 1 aromatic carbocycles. The van der Waals surface area contributed by atoms with E-state index >= 15 is 0 Å². The molecule has 0 radical (unpaired) electrons. The molecule has 2 unspecified atom stereocenters. The number of hydrogen-bond acceptors (Lipinski definition) is 4. The minimum Gasteiger partial charge on any atom is -0.480 e. The largest absolute Gasteiger partial charge is 0.480 e. The Bertz CT molecular complexity index is 555. The van der Waals surface area contributed by atoms with Crippen LogP contribution in [0.25, 0.3) is 0 Å². The zero-order valence-electron chi connectivity index (χ0n) is 13.2. The van der Waals surface area contributed by atoms with Crippen LogP contribution in [-0.4, -0.2) is 39.9 Å². The van der Waals surface area contributed by atoms with Gasteiger partial charge in [0.15, 0.2) is 0 Å². The van der Waals surface area contributed by atoms with Gasteiger partial charge in [0.2, 0.25) is 0 Å². The molecular formula is C17H24N2O2S. The topological polar surface area (TPSA) is 52.6 Å². The van der Waals surface area contributed by atoms with E-state index < -0.39 is 12.0 Å². The Hall–Kier alpha value is -1.04. The summed E-state index contributed by atoms with van der Waals surface area (Å²) in [5.41, 5.74) is 2.55. The SMILES string of the molecule is CC1(C)SC(c2ccccc2CN2CCCC2)NC1C(=O)O. The van der Waals surface area contributed by atoms with Crippen molar-refractivity contribution < 1.29 is 9.90 Å². The summed E-state index contributed by atoms with van der Waals surface area (Å²) in [7, 11) is 0. The number of carboxylic acid groups (broad SMARTS) is 1. The highest BCUT2D eigenvalue weighted by molar-refractivity contribution is 8.01. The molecule has 2 aliphatic heterocycles. The number of thioether (sulfide) groups is 1. The monoisotopic (exact) mass is 320 g/mol. The first kappa shape index (κ1) is 15.8. The van der Waals surface area contributed by atoms with E-state index in [2.05, 4.69) is 28.4 Å². The van der Waals surface area contributed by atoms with Crippen LogP contribution >= 0.6 is 11.8 Å². The molecule has 0 aromatic heterocycles. The highest BCUT2D eigenvalue weighted by atomic mass is 32.2. The van der Waals surface area contributed by atoms with Gasteiger partial charge in [-0.2, -0.15) is 0 Å². The van der Waals surface area contributed by atoms with E-state index in [-0.39, 0.29) is 10.1 Å². The van der Waals surface area contributed by atoms with E-state index in [4.69, 9.17) is 0 Å². The number of nitrogens with zero attached hydrogens (tertiary/aromatic N) is 1. The Morgan fingerprint density at radius 1 is 1.36 bits per heavy atom. The fourth-order valence-electron chi connectivity index (χ4n) is 3.40. The number of likely N-dealkylation sites (tertiary alicyclic amines) is 1. The summed E-state index contributed by atoms with van der Waals surface area (Å²) >= 11 is 1.72. The maximum absolute atomic E-state index is 11.5. The number of nitrogens with one attached hydrogen (secondary N) is 1. The third-order valence-corrected chi connectivity index (χ3v) is 6.08. The molecule has 5 heteroatoms. The fourth-order valence-corrected chi connectivity index (χ4v) is 4.87. The molecular weight excluding hydrogens is 296 g/mol. The number of carbonyl (C=O) groups is 1. The Kier molecular flexibility index (Phi) is 4.48. The Balaban J connectivity index is 1.81. The summed E-state index contributed by atoms with van der Waals surface area (Å²) in [5.74, 6) is -0.767. The lowest BCUT2D eigenvalue weighted by molar-refractivity contribution is -0.139. The lowest BCUT2D eigenvalue weighted by Crippen LogP contribution is -2.43. The first-order valence-electron chi connectivity index (χ1n) is 7.94. The van der Waals surface area contributed by atoms with Crippen LogP contribution in [0.3, 0.4) is 0 Å². The van der Waals surface area contributed by atoms with Crippen LogP contribution in [0.15, 0.2) is 24.3 Å². The molecule has 2 aliphatic rings. The van der Waals surface area contributed by atoms with E-state index in [1.165, 1.54) is 37.1 Å². The maximum Gasteiger partial charge on any atom is 0.322 e. The third-order valence-electron chi connectivity index (χ3n) is 4.61. The number of rotatable bonds is 4. The molecule has 0 spiro atoms. The quantitative estimate of drug-likeness (QED) is 0.893. The molecule has 2 atom stereocenters. The van der Waals surface area contributed by atoms with Gasteiger partial charge in [0.25, 0.3) is 0 Å². The van der Waals surface area contributed by atoms with Gasteiger partial charge in [0.1, 0.15) is 6.04 Å². The molecule has 1 aromatic rings. The summed E-state index contributed by atoms with van der Waals surface area (Å²) in [4.78, 5) is 14.0. The third kappa shape index (κ3) is 3.16. The molecule has 4 nitrogen and oxygen atoms in total. The molecule has 0 saturated carbocycles. The zero-order chi connectivity index (χ0) is 15.7. The van der Waals surface area contributed by atoms with Gasteiger partial charge in [-0.1, -0.05) is 24.3 Å². The molecule has 0 aliphatic carbocycles. The van der Waals surface area contributed by atoms with Crippen molar-refractivity contribution in [1.82, 2.24) is 10.2 Å². The second-order valence-corrected chi connectivity index (χ2v) is 8.48.